The van der Waals surface area contributed by atoms with Crippen molar-refractivity contribution in [3.8, 4) is 0 Å². The van der Waals surface area contributed by atoms with Crippen molar-refractivity contribution in [1.82, 2.24) is 4.90 Å². The molecule has 0 saturated carbocycles. The predicted octanol–water partition coefficient (Wildman–Crippen LogP) is 1.71. The van der Waals surface area contributed by atoms with E-state index in [1.165, 1.54) is 4.90 Å². The number of carbonyl (C=O) groups excluding carboxylic acids is 1. The average molecular weight is 284 g/mol. The fourth-order valence-electron chi connectivity index (χ4n) is 2.88. The molecular formula is C15H28N2O3. The first-order valence-corrected chi connectivity index (χ1v) is 7.39. The third-order valence-corrected chi connectivity index (χ3v) is 3.93. The molecule has 1 saturated heterocycles. The van der Waals surface area contributed by atoms with Crippen LogP contribution in [0, 0.1) is 17.3 Å². The summed E-state index contributed by atoms with van der Waals surface area (Å²) in [6.07, 6.45) is 2.08. The Morgan fingerprint density at radius 2 is 2.00 bits per heavy atom. The Kier molecular flexibility index (Phi) is 5.57. The van der Waals surface area contributed by atoms with Crippen molar-refractivity contribution in [2.24, 2.45) is 23.0 Å². The summed E-state index contributed by atoms with van der Waals surface area (Å²) in [5.74, 6) is -0.942. The smallest absolute Gasteiger partial charge is 0.326 e. The lowest BCUT2D eigenvalue weighted by molar-refractivity contribution is -0.155. The number of nitrogens with zero attached hydrogens (tertiary/aromatic N) is 1. The molecule has 1 rings (SSSR count). The quantitative estimate of drug-likeness (QED) is 0.823. The van der Waals surface area contributed by atoms with Crippen LogP contribution in [0.25, 0.3) is 0 Å². The van der Waals surface area contributed by atoms with Gasteiger partial charge in [-0.2, -0.15) is 0 Å². The summed E-state index contributed by atoms with van der Waals surface area (Å²) in [6.45, 7) is 9.03. The first-order valence-electron chi connectivity index (χ1n) is 7.39. The van der Waals surface area contributed by atoms with Gasteiger partial charge in [0, 0.05) is 13.1 Å². The molecule has 1 heterocycles. The van der Waals surface area contributed by atoms with Gasteiger partial charge in [0.25, 0.3) is 0 Å². The average Bonchev–Trinajstić information content (AvgIpc) is 2.33. The molecule has 3 N–H and O–H groups in total. The maximum absolute atomic E-state index is 12.6. The molecule has 1 aliphatic heterocycles. The predicted molar refractivity (Wildman–Crippen MR) is 78.2 cm³/mol. The highest BCUT2D eigenvalue weighted by atomic mass is 16.4. The number of likely N-dealkylation sites (tertiary alicyclic amines) is 1. The SMILES string of the molecule is CC1CCN(C(=O)C(CN)CC(C)(C)C)C(C(=O)O)C1. The Morgan fingerprint density at radius 1 is 1.40 bits per heavy atom. The number of carboxylic acid groups (broad SMARTS) is 1. The molecule has 5 heteroatoms. The molecule has 0 radical (unpaired) electrons. The topological polar surface area (TPSA) is 83.6 Å². The molecule has 3 unspecified atom stereocenters. The monoisotopic (exact) mass is 284 g/mol. The van der Waals surface area contributed by atoms with E-state index < -0.39 is 12.0 Å². The van der Waals surface area contributed by atoms with Crippen LogP contribution in [0.2, 0.25) is 0 Å². The Balaban J connectivity index is 2.84. The van der Waals surface area contributed by atoms with Crippen LogP contribution in [-0.2, 0) is 9.59 Å². The summed E-state index contributed by atoms with van der Waals surface area (Å²) in [6, 6.07) is -0.694. The van der Waals surface area contributed by atoms with Crippen molar-refractivity contribution in [3.63, 3.8) is 0 Å². The van der Waals surface area contributed by atoms with Crippen LogP contribution in [-0.4, -0.2) is 41.0 Å². The molecule has 3 atom stereocenters. The van der Waals surface area contributed by atoms with E-state index >= 15 is 0 Å². The normalized spacial score (nSPS) is 25.4. The van der Waals surface area contributed by atoms with E-state index in [0.29, 0.717) is 25.3 Å². The summed E-state index contributed by atoms with van der Waals surface area (Å²) in [4.78, 5) is 25.5. The maximum atomic E-state index is 12.6. The van der Waals surface area contributed by atoms with E-state index in [-0.39, 0.29) is 23.8 Å². The van der Waals surface area contributed by atoms with Gasteiger partial charge < -0.3 is 15.7 Å². The minimum atomic E-state index is -0.906. The summed E-state index contributed by atoms with van der Waals surface area (Å²) in [5.41, 5.74) is 5.74. The van der Waals surface area contributed by atoms with Gasteiger partial charge in [0.1, 0.15) is 6.04 Å². The van der Waals surface area contributed by atoms with Gasteiger partial charge >= 0.3 is 5.97 Å². The van der Waals surface area contributed by atoms with Crippen molar-refractivity contribution < 1.29 is 14.7 Å². The lowest BCUT2D eigenvalue weighted by atomic mass is 9.83. The zero-order valence-electron chi connectivity index (χ0n) is 13.1. The fourth-order valence-corrected chi connectivity index (χ4v) is 2.88. The Labute approximate surface area is 121 Å². The van der Waals surface area contributed by atoms with Crippen LogP contribution in [0.15, 0.2) is 0 Å². The molecule has 1 fully saturated rings. The number of piperidine rings is 1. The second-order valence-electron chi connectivity index (χ2n) is 7.21. The Morgan fingerprint density at radius 3 is 2.45 bits per heavy atom. The molecule has 0 aromatic rings. The highest BCUT2D eigenvalue weighted by molar-refractivity contribution is 5.85. The van der Waals surface area contributed by atoms with Crippen molar-refractivity contribution in [2.75, 3.05) is 13.1 Å². The van der Waals surface area contributed by atoms with E-state index in [1.54, 1.807) is 0 Å². The van der Waals surface area contributed by atoms with Crippen LogP contribution in [0.1, 0.15) is 47.0 Å². The Bertz CT molecular complexity index is 363. The number of hydrogen-bond donors (Lipinski definition) is 2. The van der Waals surface area contributed by atoms with Crippen molar-refractivity contribution >= 4 is 11.9 Å². The van der Waals surface area contributed by atoms with Gasteiger partial charge in [-0.3, -0.25) is 4.79 Å². The van der Waals surface area contributed by atoms with Crippen molar-refractivity contribution in [2.45, 2.75) is 53.0 Å². The Hall–Kier alpha value is -1.10. The number of carbonyl (C=O) groups is 2. The summed E-state index contributed by atoms with van der Waals surface area (Å²) >= 11 is 0. The van der Waals surface area contributed by atoms with Crippen molar-refractivity contribution in [3.05, 3.63) is 0 Å². The molecular weight excluding hydrogens is 256 g/mol. The van der Waals surface area contributed by atoms with Gasteiger partial charge in [0.05, 0.1) is 5.92 Å². The zero-order valence-corrected chi connectivity index (χ0v) is 13.1. The van der Waals surface area contributed by atoms with Crippen LogP contribution in [0.5, 0.6) is 0 Å². The second-order valence-corrected chi connectivity index (χ2v) is 7.21. The number of amides is 1. The fraction of sp³-hybridized carbons (Fsp3) is 0.867. The number of rotatable bonds is 4. The van der Waals surface area contributed by atoms with Crippen LogP contribution >= 0.6 is 0 Å². The van der Waals surface area contributed by atoms with Crippen LogP contribution in [0.3, 0.4) is 0 Å². The summed E-state index contributed by atoms with van der Waals surface area (Å²) < 4.78 is 0. The van der Waals surface area contributed by atoms with Crippen LogP contribution in [0.4, 0.5) is 0 Å². The number of aliphatic carboxylic acids is 1. The zero-order chi connectivity index (χ0) is 15.5. The molecule has 5 nitrogen and oxygen atoms in total. The lowest BCUT2D eigenvalue weighted by Gasteiger charge is -2.38. The third-order valence-electron chi connectivity index (χ3n) is 3.93. The number of nitrogens with two attached hydrogens (primary N) is 1. The van der Waals surface area contributed by atoms with Crippen molar-refractivity contribution in [1.29, 1.82) is 0 Å². The van der Waals surface area contributed by atoms with E-state index in [0.717, 1.165) is 6.42 Å². The molecule has 1 amide bonds. The molecule has 0 aromatic carbocycles. The molecule has 0 aliphatic carbocycles. The van der Waals surface area contributed by atoms with E-state index in [4.69, 9.17) is 5.73 Å². The lowest BCUT2D eigenvalue weighted by Crippen LogP contribution is -2.53. The van der Waals surface area contributed by atoms with Gasteiger partial charge in [0.2, 0.25) is 5.91 Å². The van der Waals surface area contributed by atoms with Gasteiger partial charge in [-0.15, -0.1) is 0 Å². The number of carboxylic acids is 1. The molecule has 20 heavy (non-hydrogen) atoms. The summed E-state index contributed by atoms with van der Waals surface area (Å²) in [5, 5.41) is 9.34. The van der Waals surface area contributed by atoms with E-state index in [2.05, 4.69) is 20.8 Å². The van der Waals surface area contributed by atoms with Gasteiger partial charge in [-0.1, -0.05) is 27.7 Å². The van der Waals surface area contributed by atoms with Gasteiger partial charge in [0.15, 0.2) is 0 Å². The van der Waals surface area contributed by atoms with E-state index in [1.807, 2.05) is 6.92 Å². The van der Waals surface area contributed by atoms with Crippen LogP contribution < -0.4 is 5.73 Å². The highest BCUT2D eigenvalue weighted by Gasteiger charge is 2.37. The minimum Gasteiger partial charge on any atom is -0.480 e. The first kappa shape index (κ1) is 17.0. The van der Waals surface area contributed by atoms with Gasteiger partial charge in [-0.25, -0.2) is 4.79 Å². The van der Waals surface area contributed by atoms with E-state index in [9.17, 15) is 14.7 Å². The first-order chi connectivity index (χ1) is 9.15. The van der Waals surface area contributed by atoms with Gasteiger partial charge in [-0.05, 0) is 30.6 Å². The molecule has 1 aliphatic rings. The molecule has 0 spiro atoms. The molecule has 116 valence electrons. The molecule has 0 bridgehead atoms. The third kappa shape index (κ3) is 4.47. The number of hydrogen-bond acceptors (Lipinski definition) is 3. The standard InChI is InChI=1S/C15H28N2O3/c1-10-5-6-17(12(7-10)14(19)20)13(18)11(9-16)8-15(2,3)4/h10-12H,5-9,16H2,1-4H3,(H,19,20). The highest BCUT2D eigenvalue weighted by Crippen LogP contribution is 2.29. The second kappa shape index (κ2) is 6.57. The minimum absolute atomic E-state index is 0.00148. The maximum Gasteiger partial charge on any atom is 0.326 e. The summed E-state index contributed by atoms with van der Waals surface area (Å²) in [7, 11) is 0. The largest absolute Gasteiger partial charge is 0.480 e. The molecule has 0 aromatic heterocycles.